The summed E-state index contributed by atoms with van der Waals surface area (Å²) in [6.45, 7) is 2.43. The van der Waals surface area contributed by atoms with Gasteiger partial charge in [0.2, 0.25) is 0 Å². The number of nitrogen functional groups attached to an aromatic ring is 1. The predicted molar refractivity (Wildman–Crippen MR) is 47.8 cm³/mol. The Hall–Kier alpha value is -1.34. The Kier molecular flexibility index (Phi) is 2.80. The van der Waals surface area contributed by atoms with Crippen LogP contribution in [0.25, 0.3) is 0 Å². The highest BCUT2D eigenvalue weighted by molar-refractivity contribution is 5.22. The number of hydrogen-bond acceptors (Lipinski definition) is 7. The van der Waals surface area contributed by atoms with Crippen molar-refractivity contribution < 1.29 is 13.9 Å². The molecule has 1 unspecified atom stereocenters. The van der Waals surface area contributed by atoms with Crippen LogP contribution in [0, 0.1) is 0 Å². The molecule has 7 heteroatoms. The van der Waals surface area contributed by atoms with Gasteiger partial charge in [-0.1, -0.05) is 10.2 Å². The lowest BCUT2D eigenvalue weighted by Crippen LogP contribution is -2.34. The van der Waals surface area contributed by atoms with Gasteiger partial charge in [-0.2, -0.15) is 0 Å². The minimum atomic E-state index is 0.0249. The Balaban J connectivity index is 1.76. The van der Waals surface area contributed by atoms with E-state index in [0.29, 0.717) is 32.4 Å². The molecule has 14 heavy (non-hydrogen) atoms. The molecule has 0 spiro atoms. The highest BCUT2D eigenvalue weighted by atomic mass is 16.6. The summed E-state index contributed by atoms with van der Waals surface area (Å²) >= 11 is 0. The quantitative estimate of drug-likeness (QED) is 0.677. The zero-order valence-corrected chi connectivity index (χ0v) is 7.60. The lowest BCUT2D eigenvalue weighted by Gasteiger charge is -2.22. The average molecular weight is 200 g/mol. The van der Waals surface area contributed by atoms with Crippen LogP contribution >= 0.6 is 0 Å². The summed E-state index contributed by atoms with van der Waals surface area (Å²) in [5.41, 5.74) is 5.25. The van der Waals surface area contributed by atoms with Crippen molar-refractivity contribution in [2.75, 3.05) is 37.4 Å². The average Bonchev–Trinajstić information content (AvgIpc) is 2.63. The first kappa shape index (κ1) is 9.22. The summed E-state index contributed by atoms with van der Waals surface area (Å²) in [5.74, 6) is 0. The molecule has 0 amide bonds. The fourth-order valence-corrected chi connectivity index (χ4v) is 1.16. The molecule has 0 bridgehead atoms. The van der Waals surface area contributed by atoms with E-state index in [-0.39, 0.29) is 12.1 Å². The summed E-state index contributed by atoms with van der Waals surface area (Å²) in [7, 11) is 0. The van der Waals surface area contributed by atoms with E-state index in [1.54, 1.807) is 0 Å². The first-order valence-electron chi connectivity index (χ1n) is 4.37. The maximum absolute atomic E-state index is 5.40. The van der Waals surface area contributed by atoms with Crippen LogP contribution in [0.1, 0.15) is 0 Å². The number of nitrogens with two attached hydrogens (primary N) is 1. The molecule has 1 aliphatic heterocycles. The van der Waals surface area contributed by atoms with Gasteiger partial charge in [0.1, 0.15) is 0 Å². The van der Waals surface area contributed by atoms with Crippen LogP contribution in [0.15, 0.2) is 4.42 Å². The van der Waals surface area contributed by atoms with Gasteiger partial charge in [0.05, 0.1) is 25.9 Å². The van der Waals surface area contributed by atoms with E-state index in [9.17, 15) is 0 Å². The third-order valence-corrected chi connectivity index (χ3v) is 1.81. The van der Waals surface area contributed by atoms with E-state index in [2.05, 4.69) is 15.5 Å². The van der Waals surface area contributed by atoms with Crippen molar-refractivity contribution in [2.24, 2.45) is 0 Å². The number of ether oxygens (including phenoxy) is 2. The number of rotatable bonds is 3. The van der Waals surface area contributed by atoms with Gasteiger partial charge in [0.25, 0.3) is 0 Å². The Labute approximate surface area is 80.6 Å². The molecule has 0 saturated carbocycles. The van der Waals surface area contributed by atoms with Crippen molar-refractivity contribution >= 4 is 12.0 Å². The molecule has 1 aliphatic rings. The van der Waals surface area contributed by atoms with E-state index in [1.807, 2.05) is 0 Å². The second-order valence-corrected chi connectivity index (χ2v) is 2.89. The van der Waals surface area contributed by atoms with Crippen LogP contribution in [0.3, 0.4) is 0 Å². The molecule has 0 aliphatic carbocycles. The molecular weight excluding hydrogens is 188 g/mol. The van der Waals surface area contributed by atoms with Crippen LogP contribution in [-0.4, -0.2) is 42.7 Å². The maximum atomic E-state index is 5.40. The lowest BCUT2D eigenvalue weighted by atomic mass is 10.3. The van der Waals surface area contributed by atoms with Crippen LogP contribution in [0.4, 0.5) is 12.0 Å². The fraction of sp³-hybridized carbons (Fsp3) is 0.714. The molecule has 78 valence electrons. The molecule has 1 fully saturated rings. The Morgan fingerprint density at radius 2 is 2.36 bits per heavy atom. The van der Waals surface area contributed by atoms with Gasteiger partial charge in [-0.25, -0.2) is 0 Å². The predicted octanol–water partition coefficient (Wildman–Crippen LogP) is -0.521. The summed E-state index contributed by atoms with van der Waals surface area (Å²) in [4.78, 5) is 0. The van der Waals surface area contributed by atoms with Gasteiger partial charge in [-0.15, -0.1) is 0 Å². The first-order chi connectivity index (χ1) is 6.84. The molecule has 0 radical (unpaired) electrons. The lowest BCUT2D eigenvalue weighted by molar-refractivity contribution is -0.0820. The molecule has 2 rings (SSSR count). The second-order valence-electron chi connectivity index (χ2n) is 2.89. The number of anilines is 2. The van der Waals surface area contributed by atoms with Gasteiger partial charge >= 0.3 is 12.0 Å². The van der Waals surface area contributed by atoms with Crippen molar-refractivity contribution in [3.63, 3.8) is 0 Å². The van der Waals surface area contributed by atoms with E-state index >= 15 is 0 Å². The standard InChI is InChI=1S/C7H12N4O3/c8-6-10-11-7(14-6)9-3-5-4-12-1-2-13-5/h5H,1-4H2,(H2,8,10)(H,9,11). The van der Waals surface area contributed by atoms with Crippen molar-refractivity contribution in [2.45, 2.75) is 6.10 Å². The molecule has 7 nitrogen and oxygen atoms in total. The minimum absolute atomic E-state index is 0.0249. The summed E-state index contributed by atoms with van der Waals surface area (Å²) in [5, 5.41) is 10.1. The second kappa shape index (κ2) is 4.25. The minimum Gasteiger partial charge on any atom is -0.390 e. The maximum Gasteiger partial charge on any atom is 0.316 e. The van der Waals surface area contributed by atoms with Gasteiger partial charge < -0.3 is 24.9 Å². The first-order valence-corrected chi connectivity index (χ1v) is 4.37. The Bertz CT molecular complexity index is 284. The van der Waals surface area contributed by atoms with Gasteiger partial charge in [0.15, 0.2) is 0 Å². The van der Waals surface area contributed by atoms with Crippen LogP contribution in [0.2, 0.25) is 0 Å². The van der Waals surface area contributed by atoms with Gasteiger partial charge in [-0.05, 0) is 0 Å². The van der Waals surface area contributed by atoms with Gasteiger partial charge in [-0.3, -0.25) is 0 Å². The Morgan fingerprint density at radius 1 is 1.43 bits per heavy atom. The summed E-state index contributed by atoms with van der Waals surface area (Å²) in [6, 6.07) is 0.352. The van der Waals surface area contributed by atoms with E-state index in [0.717, 1.165) is 0 Å². The molecule has 0 aromatic carbocycles. The smallest absolute Gasteiger partial charge is 0.316 e. The number of aromatic nitrogens is 2. The van der Waals surface area contributed by atoms with Crippen molar-refractivity contribution in [3.8, 4) is 0 Å². The SMILES string of the molecule is Nc1nnc(NCC2COCCO2)o1. The monoisotopic (exact) mass is 200 g/mol. The third-order valence-electron chi connectivity index (χ3n) is 1.81. The molecule has 1 atom stereocenters. The van der Waals surface area contributed by atoms with E-state index in [4.69, 9.17) is 19.6 Å². The normalized spacial score (nSPS) is 22.1. The summed E-state index contributed by atoms with van der Waals surface area (Å²) in [6.07, 6.45) is 0.0249. The molecule has 3 N–H and O–H groups in total. The summed E-state index contributed by atoms with van der Waals surface area (Å²) < 4.78 is 15.5. The molecule has 2 heterocycles. The van der Waals surface area contributed by atoms with Crippen LogP contribution in [0.5, 0.6) is 0 Å². The topological polar surface area (TPSA) is 95.4 Å². The van der Waals surface area contributed by atoms with Crippen molar-refractivity contribution in [1.82, 2.24) is 10.2 Å². The van der Waals surface area contributed by atoms with Crippen LogP contribution < -0.4 is 11.1 Å². The molecule has 1 aromatic heterocycles. The molecule has 1 aromatic rings. The largest absolute Gasteiger partial charge is 0.390 e. The fourth-order valence-electron chi connectivity index (χ4n) is 1.16. The number of nitrogens with zero attached hydrogens (tertiary/aromatic N) is 2. The zero-order valence-electron chi connectivity index (χ0n) is 7.60. The Morgan fingerprint density at radius 3 is 3.00 bits per heavy atom. The van der Waals surface area contributed by atoms with Gasteiger partial charge in [0, 0.05) is 6.54 Å². The van der Waals surface area contributed by atoms with Crippen molar-refractivity contribution in [1.29, 1.82) is 0 Å². The third kappa shape index (κ3) is 2.33. The highest BCUT2D eigenvalue weighted by Crippen LogP contribution is 2.07. The highest BCUT2D eigenvalue weighted by Gasteiger charge is 2.14. The van der Waals surface area contributed by atoms with E-state index < -0.39 is 0 Å². The molecular formula is C7H12N4O3. The zero-order chi connectivity index (χ0) is 9.80. The van der Waals surface area contributed by atoms with Crippen molar-refractivity contribution in [3.05, 3.63) is 0 Å². The number of hydrogen-bond donors (Lipinski definition) is 2. The molecule has 1 saturated heterocycles. The van der Waals surface area contributed by atoms with E-state index in [1.165, 1.54) is 0 Å². The number of nitrogens with one attached hydrogen (secondary N) is 1. The van der Waals surface area contributed by atoms with Crippen LogP contribution in [-0.2, 0) is 9.47 Å².